The summed E-state index contributed by atoms with van der Waals surface area (Å²) in [5, 5.41) is 0. The second kappa shape index (κ2) is 10.0. The molecule has 0 amide bonds. The molecule has 0 aliphatic heterocycles. The molecule has 12 heavy (non-hydrogen) atoms. The van der Waals surface area contributed by atoms with E-state index >= 15 is 0 Å². The number of nitrogens with two attached hydrogens (primary N) is 1. The van der Waals surface area contributed by atoms with Crippen LogP contribution in [0.2, 0.25) is 0 Å². The van der Waals surface area contributed by atoms with Crippen molar-refractivity contribution in [2.45, 2.75) is 34.1 Å². The van der Waals surface area contributed by atoms with E-state index in [1.54, 1.807) is 0 Å². The molecule has 0 fully saturated rings. The van der Waals surface area contributed by atoms with Crippen LogP contribution >= 0.6 is 0 Å². The third-order valence-corrected chi connectivity index (χ3v) is 1.21. The zero-order chi connectivity index (χ0) is 9.98. The Morgan fingerprint density at radius 2 is 1.92 bits per heavy atom. The molecule has 1 heteroatoms. The summed E-state index contributed by atoms with van der Waals surface area (Å²) >= 11 is 0. The maximum Gasteiger partial charge on any atom is 0.0311 e. The lowest BCUT2D eigenvalue weighted by Gasteiger charge is -1.96. The molecule has 0 spiro atoms. The van der Waals surface area contributed by atoms with Crippen LogP contribution in [0.3, 0.4) is 0 Å². The van der Waals surface area contributed by atoms with Gasteiger partial charge in [0.2, 0.25) is 0 Å². The van der Waals surface area contributed by atoms with Crippen molar-refractivity contribution in [3.8, 4) is 0 Å². The van der Waals surface area contributed by atoms with Crippen LogP contribution in [-0.4, -0.2) is 0 Å². The highest BCUT2D eigenvalue weighted by Crippen LogP contribution is 2.03. The molecule has 0 unspecified atom stereocenters. The molecular weight excluding hydrogens is 146 g/mol. The van der Waals surface area contributed by atoms with Gasteiger partial charge in [0.15, 0.2) is 0 Å². The van der Waals surface area contributed by atoms with Crippen LogP contribution in [0.15, 0.2) is 36.1 Å². The van der Waals surface area contributed by atoms with Crippen molar-refractivity contribution in [2.75, 3.05) is 0 Å². The van der Waals surface area contributed by atoms with Crippen LogP contribution in [0.5, 0.6) is 0 Å². The van der Waals surface area contributed by atoms with Gasteiger partial charge in [-0.15, -0.1) is 0 Å². The van der Waals surface area contributed by atoms with Crippen molar-refractivity contribution in [3.63, 3.8) is 0 Å². The van der Waals surface area contributed by atoms with E-state index in [1.165, 1.54) is 0 Å². The average molecular weight is 167 g/mol. The summed E-state index contributed by atoms with van der Waals surface area (Å²) < 4.78 is 0. The minimum Gasteiger partial charge on any atom is -0.399 e. The number of allylic oxidation sites excluding steroid dienone is 3. The summed E-state index contributed by atoms with van der Waals surface area (Å²) in [6, 6.07) is 0. The minimum atomic E-state index is 0.632. The third-order valence-electron chi connectivity index (χ3n) is 1.21. The molecule has 0 heterocycles. The summed E-state index contributed by atoms with van der Waals surface area (Å²) in [5.74, 6) is 0. The molecule has 0 bridgehead atoms. The first kappa shape index (κ1) is 13.6. The van der Waals surface area contributed by atoms with Crippen molar-refractivity contribution in [1.82, 2.24) is 0 Å². The molecule has 1 nitrogen and oxygen atoms in total. The fourth-order valence-electron chi connectivity index (χ4n) is 0.633. The number of rotatable bonds is 3. The minimum absolute atomic E-state index is 0.632. The standard InChI is InChI=1S/C9H15N.C2H6/c1-4-6-7-9(5-2)8(3)10;1-2/h5-7H,3-4,10H2,1-2H3;1-2H3/b7-6-,9-5+;. The lowest BCUT2D eigenvalue weighted by atomic mass is 10.2. The van der Waals surface area contributed by atoms with E-state index in [9.17, 15) is 0 Å². The van der Waals surface area contributed by atoms with Crippen molar-refractivity contribution in [3.05, 3.63) is 36.1 Å². The lowest BCUT2D eigenvalue weighted by molar-refractivity contribution is 1.21. The highest BCUT2D eigenvalue weighted by Gasteiger charge is 1.88. The molecule has 0 rings (SSSR count). The highest BCUT2D eigenvalue weighted by molar-refractivity contribution is 5.34. The second-order valence-electron chi connectivity index (χ2n) is 2.08. The van der Waals surface area contributed by atoms with Gasteiger partial charge in [-0.3, -0.25) is 0 Å². The van der Waals surface area contributed by atoms with Gasteiger partial charge in [-0.1, -0.05) is 45.6 Å². The van der Waals surface area contributed by atoms with Gasteiger partial charge in [-0.05, 0) is 18.9 Å². The van der Waals surface area contributed by atoms with Crippen LogP contribution in [0.25, 0.3) is 0 Å². The molecule has 0 aliphatic carbocycles. The molecule has 0 aromatic heterocycles. The van der Waals surface area contributed by atoms with E-state index in [1.807, 2.05) is 32.9 Å². The molecule has 0 saturated heterocycles. The number of hydrogen-bond donors (Lipinski definition) is 1. The summed E-state index contributed by atoms with van der Waals surface area (Å²) in [6.07, 6.45) is 7.04. The van der Waals surface area contributed by atoms with E-state index in [0.29, 0.717) is 5.70 Å². The molecule has 70 valence electrons. The monoisotopic (exact) mass is 167 g/mol. The smallest absolute Gasteiger partial charge is 0.0311 e. The molecule has 0 radical (unpaired) electrons. The summed E-state index contributed by atoms with van der Waals surface area (Å²) in [4.78, 5) is 0. The maximum atomic E-state index is 5.47. The van der Waals surface area contributed by atoms with Gasteiger partial charge in [0, 0.05) is 5.70 Å². The average Bonchev–Trinajstić information content (AvgIpc) is 2.09. The van der Waals surface area contributed by atoms with Gasteiger partial charge in [-0.2, -0.15) is 0 Å². The largest absolute Gasteiger partial charge is 0.399 e. The normalized spacial score (nSPS) is 10.8. The SMILES string of the molecule is C=C(N)C(/C=C\CC)=C/C.CC. The van der Waals surface area contributed by atoms with E-state index in [4.69, 9.17) is 5.73 Å². The molecule has 0 aromatic rings. The lowest BCUT2D eigenvalue weighted by Crippen LogP contribution is -1.95. The van der Waals surface area contributed by atoms with Crippen molar-refractivity contribution in [1.29, 1.82) is 0 Å². The highest BCUT2D eigenvalue weighted by atomic mass is 14.6. The quantitative estimate of drug-likeness (QED) is 0.640. The fourth-order valence-corrected chi connectivity index (χ4v) is 0.633. The van der Waals surface area contributed by atoms with Crippen LogP contribution in [0, 0.1) is 0 Å². The summed E-state index contributed by atoms with van der Waals surface area (Å²) in [7, 11) is 0. The third kappa shape index (κ3) is 7.13. The van der Waals surface area contributed by atoms with Gasteiger partial charge in [0.05, 0.1) is 0 Å². The Bertz CT molecular complexity index is 164. The van der Waals surface area contributed by atoms with Crippen LogP contribution in [0.4, 0.5) is 0 Å². The second-order valence-corrected chi connectivity index (χ2v) is 2.08. The molecule has 0 atom stereocenters. The van der Waals surface area contributed by atoms with Crippen LogP contribution < -0.4 is 5.73 Å². The van der Waals surface area contributed by atoms with E-state index in [2.05, 4.69) is 19.6 Å². The fraction of sp³-hybridized carbons (Fsp3) is 0.455. The Kier molecular flexibility index (Phi) is 11.4. The Labute approximate surface area is 76.7 Å². The van der Waals surface area contributed by atoms with Crippen LogP contribution in [0.1, 0.15) is 34.1 Å². The van der Waals surface area contributed by atoms with E-state index in [0.717, 1.165) is 12.0 Å². The van der Waals surface area contributed by atoms with Gasteiger partial charge < -0.3 is 5.73 Å². The summed E-state index contributed by atoms with van der Waals surface area (Å²) in [6.45, 7) is 11.7. The Morgan fingerprint density at radius 1 is 1.42 bits per heavy atom. The Morgan fingerprint density at radius 3 is 2.17 bits per heavy atom. The van der Waals surface area contributed by atoms with Crippen molar-refractivity contribution in [2.24, 2.45) is 5.73 Å². The van der Waals surface area contributed by atoms with Crippen molar-refractivity contribution < 1.29 is 0 Å². The Hall–Kier alpha value is -0.980. The maximum absolute atomic E-state index is 5.47. The number of hydrogen-bond acceptors (Lipinski definition) is 1. The molecular formula is C11H21N. The zero-order valence-corrected chi connectivity index (χ0v) is 8.72. The summed E-state index contributed by atoms with van der Waals surface area (Å²) in [5.41, 5.74) is 7.12. The Balaban J connectivity index is 0. The van der Waals surface area contributed by atoms with E-state index in [-0.39, 0.29) is 0 Å². The first-order valence-electron chi connectivity index (χ1n) is 4.50. The molecule has 0 aliphatic rings. The first-order chi connectivity index (χ1) is 5.72. The van der Waals surface area contributed by atoms with Crippen molar-refractivity contribution >= 4 is 0 Å². The first-order valence-corrected chi connectivity index (χ1v) is 4.50. The van der Waals surface area contributed by atoms with Gasteiger partial charge >= 0.3 is 0 Å². The zero-order valence-electron chi connectivity index (χ0n) is 8.72. The molecule has 2 N–H and O–H groups in total. The van der Waals surface area contributed by atoms with Gasteiger partial charge in [0.25, 0.3) is 0 Å². The predicted octanol–water partition coefficient (Wildman–Crippen LogP) is 3.40. The molecule has 0 saturated carbocycles. The molecule has 0 aromatic carbocycles. The van der Waals surface area contributed by atoms with Crippen LogP contribution in [-0.2, 0) is 0 Å². The van der Waals surface area contributed by atoms with Gasteiger partial charge in [-0.25, -0.2) is 0 Å². The topological polar surface area (TPSA) is 26.0 Å². The predicted molar refractivity (Wildman–Crippen MR) is 57.9 cm³/mol. The van der Waals surface area contributed by atoms with Gasteiger partial charge in [0.1, 0.15) is 0 Å². The van der Waals surface area contributed by atoms with E-state index < -0.39 is 0 Å².